The molecular formula is C24H45NO3S2. The second kappa shape index (κ2) is 15.8. The van der Waals surface area contributed by atoms with Crippen molar-refractivity contribution in [3.8, 4) is 0 Å². The van der Waals surface area contributed by atoms with Crippen molar-refractivity contribution in [3.05, 3.63) is 0 Å². The molecule has 30 heavy (non-hydrogen) atoms. The van der Waals surface area contributed by atoms with Crippen LogP contribution in [0.2, 0.25) is 0 Å². The van der Waals surface area contributed by atoms with Crippen molar-refractivity contribution < 1.29 is 14.7 Å². The molecule has 2 fully saturated rings. The fourth-order valence-electron chi connectivity index (χ4n) is 5.11. The van der Waals surface area contributed by atoms with Crippen molar-refractivity contribution in [3.63, 3.8) is 0 Å². The Hall–Kier alpha value is 0.0900. The highest BCUT2D eigenvalue weighted by molar-refractivity contribution is 7.99. The highest BCUT2D eigenvalue weighted by atomic mass is 32.2. The van der Waals surface area contributed by atoms with Crippen LogP contribution in [0.5, 0.6) is 0 Å². The van der Waals surface area contributed by atoms with Crippen LogP contribution in [0.4, 0.5) is 0 Å². The van der Waals surface area contributed by atoms with Crippen LogP contribution in [-0.4, -0.2) is 45.8 Å². The van der Waals surface area contributed by atoms with Crippen LogP contribution in [0, 0.1) is 11.8 Å². The smallest absolute Gasteiger partial charge is 0.243 e. The van der Waals surface area contributed by atoms with E-state index < -0.39 is 0 Å². The van der Waals surface area contributed by atoms with E-state index in [4.69, 9.17) is 9.94 Å². The van der Waals surface area contributed by atoms with E-state index in [1.165, 1.54) is 81.5 Å². The normalized spacial score (nSPS) is 26.2. The zero-order valence-corrected chi connectivity index (χ0v) is 20.9. The van der Waals surface area contributed by atoms with Gasteiger partial charge in [0, 0.05) is 11.7 Å². The number of hydrogen-bond donors (Lipinski definition) is 2. The zero-order chi connectivity index (χ0) is 21.6. The van der Waals surface area contributed by atoms with Crippen LogP contribution < -0.4 is 5.48 Å². The first-order valence-corrected chi connectivity index (χ1v) is 14.7. The molecule has 6 heteroatoms. The second-order valence-electron chi connectivity index (χ2n) is 9.05. The van der Waals surface area contributed by atoms with E-state index >= 15 is 0 Å². The van der Waals surface area contributed by atoms with Crippen molar-refractivity contribution in [1.29, 1.82) is 0 Å². The number of unbranched alkanes of at least 4 members (excludes halogenated alkanes) is 4. The average Bonchev–Trinajstić information content (AvgIpc) is 3.36. The van der Waals surface area contributed by atoms with Gasteiger partial charge in [-0.1, -0.05) is 39.5 Å². The van der Waals surface area contributed by atoms with Crippen LogP contribution in [0.15, 0.2) is 0 Å². The van der Waals surface area contributed by atoms with Crippen LogP contribution in [-0.2, 0) is 9.53 Å². The third-order valence-electron chi connectivity index (χ3n) is 6.89. The minimum atomic E-state index is -0.269. The van der Waals surface area contributed by atoms with Crippen molar-refractivity contribution in [1.82, 2.24) is 5.48 Å². The second-order valence-corrected chi connectivity index (χ2v) is 11.7. The number of thioether (sulfide) groups is 2. The number of rotatable bonds is 18. The van der Waals surface area contributed by atoms with Crippen molar-refractivity contribution in [2.45, 2.75) is 115 Å². The highest BCUT2D eigenvalue weighted by Crippen LogP contribution is 2.47. The summed E-state index contributed by atoms with van der Waals surface area (Å²) < 4.78 is 6.31. The summed E-state index contributed by atoms with van der Waals surface area (Å²) in [4.78, 5) is 11.3. The lowest BCUT2D eigenvalue weighted by molar-refractivity contribution is -0.129. The Bertz CT molecular complexity index is 466. The Balaban J connectivity index is 1.60. The Morgan fingerprint density at radius 1 is 1.00 bits per heavy atom. The summed E-state index contributed by atoms with van der Waals surface area (Å²) in [6.07, 6.45) is 16.8. The summed E-state index contributed by atoms with van der Waals surface area (Å²) in [5.41, 5.74) is 1.75. The molecule has 0 radical (unpaired) electrons. The monoisotopic (exact) mass is 459 g/mol. The van der Waals surface area contributed by atoms with Crippen LogP contribution in [0.1, 0.15) is 97.3 Å². The van der Waals surface area contributed by atoms with E-state index in [0.29, 0.717) is 23.9 Å². The van der Waals surface area contributed by atoms with Gasteiger partial charge in [-0.25, -0.2) is 5.48 Å². The highest BCUT2D eigenvalue weighted by Gasteiger charge is 2.47. The Morgan fingerprint density at radius 2 is 1.70 bits per heavy atom. The first kappa shape index (κ1) is 26.3. The molecule has 2 N–H and O–H groups in total. The number of hydroxylamine groups is 1. The molecule has 2 rings (SSSR count). The number of hydrogen-bond acceptors (Lipinski definition) is 5. The Morgan fingerprint density at radius 3 is 2.37 bits per heavy atom. The largest absolute Gasteiger partial charge is 0.374 e. The van der Waals surface area contributed by atoms with E-state index in [9.17, 15) is 4.79 Å². The van der Waals surface area contributed by atoms with Gasteiger partial charge < -0.3 is 4.74 Å². The standard InChI is InChI=1S/C24H45NO3S2/c1-3-5-6-8-16-29-17-9-7-10-20-21(23-13-12-22(20)28-23)15-18-30-19(4-2)11-14-24(26)25-27/h19-23,27H,3-18H2,1-2H3,(H,25,26). The van der Waals surface area contributed by atoms with Crippen LogP contribution in [0.3, 0.4) is 0 Å². The molecular weight excluding hydrogens is 414 g/mol. The number of carbonyl (C=O) groups excluding carboxylic acids is 1. The molecule has 0 aromatic heterocycles. The van der Waals surface area contributed by atoms with Gasteiger partial charge in [-0.05, 0) is 80.5 Å². The maximum Gasteiger partial charge on any atom is 0.243 e. The maximum atomic E-state index is 11.3. The quantitative estimate of drug-likeness (QED) is 0.140. The topological polar surface area (TPSA) is 58.6 Å². The summed E-state index contributed by atoms with van der Waals surface area (Å²) in [5, 5.41) is 9.18. The molecule has 0 aliphatic carbocycles. The SMILES string of the molecule is CCCCCCSCCCCC1C2CCC(O2)C1CCSC(CC)CCC(=O)NO. The molecule has 5 unspecified atom stereocenters. The van der Waals surface area contributed by atoms with Gasteiger partial charge in [-0.15, -0.1) is 0 Å². The predicted molar refractivity (Wildman–Crippen MR) is 131 cm³/mol. The molecule has 0 spiro atoms. The van der Waals surface area contributed by atoms with Crippen molar-refractivity contribution in [2.75, 3.05) is 17.3 Å². The number of nitrogens with one attached hydrogen (secondary N) is 1. The third kappa shape index (κ3) is 9.30. The average molecular weight is 460 g/mol. The molecule has 4 nitrogen and oxygen atoms in total. The van der Waals surface area contributed by atoms with E-state index in [1.54, 1.807) is 5.48 Å². The number of amides is 1. The summed E-state index contributed by atoms with van der Waals surface area (Å²) in [6.45, 7) is 4.47. The molecule has 5 atom stereocenters. The van der Waals surface area contributed by atoms with Gasteiger partial charge in [0.2, 0.25) is 5.91 Å². The fraction of sp³-hybridized carbons (Fsp3) is 0.958. The van der Waals surface area contributed by atoms with Crippen LogP contribution in [0.25, 0.3) is 0 Å². The van der Waals surface area contributed by atoms with Gasteiger partial charge in [0.1, 0.15) is 0 Å². The molecule has 1 amide bonds. The van der Waals surface area contributed by atoms with Gasteiger partial charge in [0.25, 0.3) is 0 Å². The number of ether oxygens (including phenoxy) is 1. The van der Waals surface area contributed by atoms with E-state index in [-0.39, 0.29) is 5.91 Å². The summed E-state index contributed by atoms with van der Waals surface area (Å²) in [5.74, 6) is 5.09. The molecule has 0 saturated carbocycles. The minimum Gasteiger partial charge on any atom is -0.374 e. The fourth-order valence-corrected chi connectivity index (χ4v) is 7.39. The molecule has 0 aromatic carbocycles. The molecule has 176 valence electrons. The van der Waals surface area contributed by atoms with Gasteiger partial charge in [-0.2, -0.15) is 23.5 Å². The van der Waals surface area contributed by atoms with Crippen molar-refractivity contribution >= 4 is 29.4 Å². The summed E-state index contributed by atoms with van der Waals surface area (Å²) in [7, 11) is 0. The molecule has 2 aliphatic heterocycles. The zero-order valence-electron chi connectivity index (χ0n) is 19.3. The maximum absolute atomic E-state index is 11.3. The summed E-state index contributed by atoms with van der Waals surface area (Å²) >= 11 is 4.16. The molecule has 0 aromatic rings. The molecule has 2 aliphatic rings. The van der Waals surface area contributed by atoms with Gasteiger partial charge in [0.15, 0.2) is 0 Å². The lowest BCUT2D eigenvalue weighted by Crippen LogP contribution is -2.28. The Kier molecular flexibility index (Phi) is 13.9. The molecule has 2 heterocycles. The van der Waals surface area contributed by atoms with Crippen LogP contribution >= 0.6 is 23.5 Å². The number of carbonyl (C=O) groups is 1. The van der Waals surface area contributed by atoms with E-state index in [0.717, 1.165) is 24.7 Å². The predicted octanol–water partition coefficient (Wildman–Crippen LogP) is 6.45. The van der Waals surface area contributed by atoms with Crippen molar-refractivity contribution in [2.24, 2.45) is 11.8 Å². The lowest BCUT2D eigenvalue weighted by atomic mass is 9.75. The Labute approximate surface area is 193 Å². The molecule has 2 saturated heterocycles. The first-order chi connectivity index (χ1) is 14.7. The summed E-state index contributed by atoms with van der Waals surface area (Å²) in [6, 6.07) is 0. The molecule has 2 bridgehead atoms. The third-order valence-corrected chi connectivity index (χ3v) is 9.55. The lowest BCUT2D eigenvalue weighted by Gasteiger charge is -2.28. The minimum absolute atomic E-state index is 0.269. The van der Waals surface area contributed by atoms with Gasteiger partial charge >= 0.3 is 0 Å². The van der Waals surface area contributed by atoms with E-state index in [1.807, 2.05) is 11.8 Å². The van der Waals surface area contributed by atoms with Gasteiger partial charge in [0.05, 0.1) is 12.2 Å². The first-order valence-electron chi connectivity index (χ1n) is 12.5. The van der Waals surface area contributed by atoms with E-state index in [2.05, 4.69) is 25.6 Å². The number of fused-ring (bicyclic) bond motifs is 2. The van der Waals surface area contributed by atoms with Gasteiger partial charge in [-0.3, -0.25) is 10.0 Å².